The van der Waals surface area contributed by atoms with Crippen LogP contribution in [0, 0.1) is 0 Å². The molecule has 3 heterocycles. The number of carbonyl (C=O) groups excluding carboxylic acids is 2. The Hall–Kier alpha value is -4.41. The van der Waals surface area contributed by atoms with E-state index in [1.807, 2.05) is 74.6 Å². The van der Waals surface area contributed by atoms with Gasteiger partial charge in [-0.25, -0.2) is 9.48 Å². The van der Waals surface area contributed by atoms with Gasteiger partial charge in [0.2, 0.25) is 0 Å². The van der Waals surface area contributed by atoms with Gasteiger partial charge in [-0.2, -0.15) is 5.10 Å². The highest BCUT2D eigenvalue weighted by Gasteiger charge is 2.35. The first-order valence-electron chi connectivity index (χ1n) is 14.5. The van der Waals surface area contributed by atoms with E-state index in [0.29, 0.717) is 26.4 Å². The van der Waals surface area contributed by atoms with Crippen LogP contribution in [0.4, 0.5) is 0 Å². The number of rotatable bonds is 8. The molecule has 0 saturated carbocycles. The van der Waals surface area contributed by atoms with Crippen molar-refractivity contribution in [3.05, 3.63) is 128 Å². The average Bonchev–Trinajstić information content (AvgIpc) is 3.68. The minimum absolute atomic E-state index is 0.0965. The molecule has 0 fully saturated rings. The summed E-state index contributed by atoms with van der Waals surface area (Å²) in [5, 5.41) is 4.71. The van der Waals surface area contributed by atoms with Crippen molar-refractivity contribution in [1.82, 2.24) is 23.8 Å². The summed E-state index contributed by atoms with van der Waals surface area (Å²) in [6, 6.07) is 21.6. The van der Waals surface area contributed by atoms with Gasteiger partial charge in [0.15, 0.2) is 5.78 Å². The summed E-state index contributed by atoms with van der Waals surface area (Å²) in [6.07, 6.45) is 3.69. The molecule has 230 valence electrons. The number of aromatic nitrogens is 4. The number of nitrogens with zero attached hydrogens (tertiary/aromatic N) is 5. The number of Topliss-reactive ketones (excluding diaryl/α,β-unsaturated/α-hetero) is 1. The summed E-state index contributed by atoms with van der Waals surface area (Å²) in [7, 11) is 1.61. The average molecular weight is 689 g/mol. The summed E-state index contributed by atoms with van der Waals surface area (Å²) in [6.45, 7) is 4.23. The molecule has 2 aromatic heterocycles. The number of halogens is 2. The van der Waals surface area contributed by atoms with Gasteiger partial charge in [0.05, 0.1) is 35.7 Å². The molecule has 0 N–H and O–H groups in total. The third kappa shape index (κ3) is 5.87. The van der Waals surface area contributed by atoms with E-state index in [4.69, 9.17) is 16.3 Å². The number of imidazole rings is 1. The summed E-state index contributed by atoms with van der Waals surface area (Å²) < 4.78 is 10.8. The van der Waals surface area contributed by atoms with E-state index in [1.54, 1.807) is 45.7 Å². The van der Waals surface area contributed by atoms with Crippen LogP contribution in [0.1, 0.15) is 58.3 Å². The fourth-order valence-corrected chi connectivity index (χ4v) is 6.24. The maximum absolute atomic E-state index is 14.3. The second-order valence-electron chi connectivity index (χ2n) is 11.2. The molecule has 1 aliphatic rings. The van der Waals surface area contributed by atoms with Gasteiger partial charge in [-0.3, -0.25) is 18.7 Å². The molecule has 11 heteroatoms. The molecule has 6 rings (SSSR count). The van der Waals surface area contributed by atoms with Gasteiger partial charge in [-0.15, -0.1) is 0 Å². The Kier molecular flexibility index (Phi) is 8.52. The fourth-order valence-electron chi connectivity index (χ4n) is 5.81. The normalized spacial score (nSPS) is 15.0. The predicted octanol–water partition coefficient (Wildman–Crippen LogP) is 6.67. The number of hydrogen-bond acceptors (Lipinski definition) is 5. The topological polar surface area (TPSA) is 91.4 Å². The van der Waals surface area contributed by atoms with Gasteiger partial charge in [0.1, 0.15) is 11.4 Å². The molecule has 1 aliphatic heterocycles. The minimum atomic E-state index is -0.317. The zero-order chi connectivity index (χ0) is 31.8. The first-order valence-corrected chi connectivity index (χ1v) is 15.7. The Morgan fingerprint density at radius 3 is 2.42 bits per heavy atom. The highest BCUT2D eigenvalue weighted by Crippen LogP contribution is 2.30. The number of fused-ring (bicyclic) bond motifs is 1. The Labute approximate surface area is 273 Å². The minimum Gasteiger partial charge on any atom is -0.497 e. The number of methoxy groups -OCH3 is 1. The van der Waals surface area contributed by atoms with E-state index in [1.165, 1.54) is 4.57 Å². The monoisotopic (exact) mass is 687 g/mol. The van der Waals surface area contributed by atoms with Gasteiger partial charge in [0, 0.05) is 41.4 Å². The predicted molar refractivity (Wildman–Crippen MR) is 176 cm³/mol. The Morgan fingerprint density at radius 1 is 1.07 bits per heavy atom. The van der Waals surface area contributed by atoms with Gasteiger partial charge < -0.3 is 9.64 Å². The van der Waals surface area contributed by atoms with Crippen molar-refractivity contribution in [2.45, 2.75) is 45.3 Å². The Morgan fingerprint density at radius 2 is 1.78 bits per heavy atom. The molecule has 1 amide bonds. The van der Waals surface area contributed by atoms with E-state index in [0.717, 1.165) is 17.0 Å². The first kappa shape index (κ1) is 30.6. The molecule has 0 bridgehead atoms. The largest absolute Gasteiger partial charge is 0.497 e. The van der Waals surface area contributed by atoms with Crippen molar-refractivity contribution in [3.63, 3.8) is 0 Å². The van der Waals surface area contributed by atoms with Crippen LogP contribution in [0.2, 0.25) is 5.02 Å². The first-order chi connectivity index (χ1) is 21.7. The highest BCUT2D eigenvalue weighted by atomic mass is 79.9. The lowest BCUT2D eigenvalue weighted by Gasteiger charge is -2.34. The molecule has 9 nitrogen and oxygen atoms in total. The van der Waals surface area contributed by atoms with Crippen LogP contribution in [-0.2, 0) is 13.1 Å². The molecule has 3 aromatic carbocycles. The molecule has 0 unspecified atom stereocenters. The molecular weight excluding hydrogens is 658 g/mol. The number of benzene rings is 3. The number of ether oxygens (including phenoxy) is 1. The third-order valence-corrected chi connectivity index (χ3v) is 9.52. The molecular formula is C34H31BrClN5O4. The van der Waals surface area contributed by atoms with Crippen LogP contribution in [0.15, 0.2) is 94.5 Å². The molecule has 0 radical (unpaired) electrons. The second-order valence-corrected chi connectivity index (χ2v) is 12.5. The molecule has 2 atom stereocenters. The number of hydrogen-bond donors (Lipinski definition) is 0. The molecule has 0 saturated heterocycles. The van der Waals surface area contributed by atoms with E-state index in [2.05, 4.69) is 21.0 Å². The standard InChI is InChI=1S/C34H31BrClN5O4/c1-21(23-5-12-27(45-3)13-6-23)17-31(42)32-30-20-38(33(43)24-7-14-28(35)29(36)18-24)22(2)19-39(30)34(44)41(32)26-10-8-25(9-11-26)40-16-4-15-37-40/h4-16,18,21-22H,17,19-20H2,1-3H3/t21-,22-/m0/s1. The van der Waals surface area contributed by atoms with Gasteiger partial charge in [-0.05, 0) is 95.0 Å². The lowest BCUT2D eigenvalue weighted by molar-refractivity contribution is 0.0610. The van der Waals surface area contributed by atoms with Crippen molar-refractivity contribution < 1.29 is 14.3 Å². The van der Waals surface area contributed by atoms with Crippen LogP contribution in [-0.4, -0.2) is 48.7 Å². The molecule has 0 aliphatic carbocycles. The lowest BCUT2D eigenvalue weighted by atomic mass is 9.94. The van der Waals surface area contributed by atoms with Crippen LogP contribution in [0.3, 0.4) is 0 Å². The number of ketones is 1. The van der Waals surface area contributed by atoms with Crippen molar-refractivity contribution in [2.75, 3.05) is 7.11 Å². The zero-order valence-corrected chi connectivity index (χ0v) is 27.3. The van der Waals surface area contributed by atoms with Gasteiger partial charge >= 0.3 is 5.69 Å². The fraction of sp³-hybridized carbons (Fsp3) is 0.235. The summed E-state index contributed by atoms with van der Waals surface area (Å²) in [5.41, 5.74) is 3.27. The van der Waals surface area contributed by atoms with Crippen LogP contribution in [0.5, 0.6) is 5.75 Å². The number of amides is 1. The van der Waals surface area contributed by atoms with Crippen molar-refractivity contribution in [3.8, 4) is 17.1 Å². The van der Waals surface area contributed by atoms with Gasteiger partial charge in [-0.1, -0.05) is 30.7 Å². The van der Waals surface area contributed by atoms with Gasteiger partial charge in [0.25, 0.3) is 5.91 Å². The maximum atomic E-state index is 14.3. The quantitative estimate of drug-likeness (QED) is 0.170. The highest BCUT2D eigenvalue weighted by molar-refractivity contribution is 9.10. The third-order valence-electron chi connectivity index (χ3n) is 8.29. The van der Waals surface area contributed by atoms with E-state index >= 15 is 0 Å². The summed E-state index contributed by atoms with van der Waals surface area (Å²) >= 11 is 9.69. The van der Waals surface area contributed by atoms with E-state index < -0.39 is 0 Å². The SMILES string of the molecule is COc1ccc([C@@H](C)CC(=O)c2c3n(c(=O)n2-c2ccc(-n4cccn4)cc2)C[C@H](C)N(C(=O)c2ccc(Br)c(Cl)c2)C3)cc1. The summed E-state index contributed by atoms with van der Waals surface area (Å²) in [5.74, 6) is 0.192. The van der Waals surface area contributed by atoms with Crippen LogP contribution >= 0.6 is 27.5 Å². The number of carbonyl (C=O) groups is 2. The smallest absolute Gasteiger partial charge is 0.333 e. The van der Waals surface area contributed by atoms with Crippen LogP contribution in [0.25, 0.3) is 11.4 Å². The van der Waals surface area contributed by atoms with Crippen LogP contribution < -0.4 is 10.4 Å². The van der Waals surface area contributed by atoms with Crippen molar-refractivity contribution in [1.29, 1.82) is 0 Å². The molecule has 45 heavy (non-hydrogen) atoms. The molecule has 5 aromatic rings. The maximum Gasteiger partial charge on any atom is 0.333 e. The Balaban J connectivity index is 1.41. The second kappa shape index (κ2) is 12.5. The van der Waals surface area contributed by atoms with E-state index in [9.17, 15) is 14.4 Å². The zero-order valence-electron chi connectivity index (χ0n) is 25.0. The molecule has 0 spiro atoms. The van der Waals surface area contributed by atoms with E-state index in [-0.39, 0.29) is 54.5 Å². The lowest BCUT2D eigenvalue weighted by Crippen LogP contribution is -2.46. The Bertz CT molecular complexity index is 1930. The van der Waals surface area contributed by atoms with Crippen molar-refractivity contribution >= 4 is 39.2 Å². The summed E-state index contributed by atoms with van der Waals surface area (Å²) in [4.78, 5) is 43.8. The van der Waals surface area contributed by atoms with Crippen molar-refractivity contribution in [2.24, 2.45) is 0 Å².